The van der Waals surface area contributed by atoms with Crippen molar-refractivity contribution in [3.05, 3.63) is 76.2 Å². The molecular formula is C19H15BrO4. The number of hydrogen-bond donors (Lipinski definition) is 1. The third-order valence-electron chi connectivity index (χ3n) is 3.65. The highest BCUT2D eigenvalue weighted by Gasteiger charge is 2.14. The first-order valence-electron chi connectivity index (χ1n) is 7.35. The van der Waals surface area contributed by atoms with Crippen LogP contribution in [0.4, 0.5) is 0 Å². The lowest BCUT2D eigenvalue weighted by Gasteiger charge is -2.09. The molecule has 24 heavy (non-hydrogen) atoms. The molecule has 1 N–H and O–H groups in total. The van der Waals surface area contributed by atoms with Gasteiger partial charge in [-0.1, -0.05) is 36.4 Å². The number of hydrogen-bond acceptors (Lipinski definition) is 3. The molecule has 5 heteroatoms. The topological polar surface area (TPSA) is 59.7 Å². The van der Waals surface area contributed by atoms with Crippen LogP contribution < -0.4 is 4.74 Å². The predicted molar refractivity (Wildman–Crippen MR) is 94.3 cm³/mol. The third kappa shape index (κ3) is 3.51. The van der Waals surface area contributed by atoms with Crippen molar-refractivity contribution in [3.8, 4) is 16.9 Å². The Bertz CT molecular complexity index is 868. The van der Waals surface area contributed by atoms with Gasteiger partial charge in [-0.05, 0) is 52.2 Å². The van der Waals surface area contributed by atoms with Crippen molar-refractivity contribution in [2.24, 2.45) is 0 Å². The summed E-state index contributed by atoms with van der Waals surface area (Å²) in [5.41, 5.74) is 2.93. The van der Waals surface area contributed by atoms with E-state index >= 15 is 0 Å². The summed E-state index contributed by atoms with van der Waals surface area (Å²) in [6.07, 6.45) is 0. The lowest BCUT2D eigenvalue weighted by molar-refractivity contribution is 0.0661. The van der Waals surface area contributed by atoms with E-state index in [0.717, 1.165) is 15.6 Å². The normalized spacial score (nSPS) is 10.6. The average Bonchev–Trinajstić information content (AvgIpc) is 2.96. The third-order valence-corrected chi connectivity index (χ3v) is 4.27. The molecule has 1 aromatic heterocycles. The van der Waals surface area contributed by atoms with Gasteiger partial charge in [-0.25, -0.2) is 4.79 Å². The fourth-order valence-corrected chi connectivity index (χ4v) is 2.85. The zero-order valence-electron chi connectivity index (χ0n) is 13.0. The molecule has 0 saturated carbocycles. The molecule has 4 nitrogen and oxygen atoms in total. The van der Waals surface area contributed by atoms with Gasteiger partial charge in [-0.2, -0.15) is 0 Å². The zero-order valence-corrected chi connectivity index (χ0v) is 14.5. The lowest BCUT2D eigenvalue weighted by Crippen LogP contribution is -1.97. The number of aromatic carboxylic acids is 1. The van der Waals surface area contributed by atoms with Crippen molar-refractivity contribution in [2.45, 2.75) is 13.5 Å². The SMILES string of the molecule is Cc1oc(C(=O)O)cc1COc1ccc(-c2ccccc2)cc1Br. The fraction of sp³-hybridized carbons (Fsp3) is 0.105. The highest BCUT2D eigenvalue weighted by molar-refractivity contribution is 9.10. The van der Waals surface area contributed by atoms with E-state index in [9.17, 15) is 4.79 Å². The van der Waals surface area contributed by atoms with E-state index in [-0.39, 0.29) is 12.4 Å². The van der Waals surface area contributed by atoms with Crippen LogP contribution in [0.2, 0.25) is 0 Å². The molecule has 0 aliphatic heterocycles. The molecule has 2 aromatic carbocycles. The Balaban J connectivity index is 1.75. The summed E-state index contributed by atoms with van der Waals surface area (Å²) in [5, 5.41) is 8.95. The summed E-state index contributed by atoms with van der Waals surface area (Å²) >= 11 is 3.52. The number of carboxylic acids is 1. The van der Waals surface area contributed by atoms with Crippen LogP contribution in [0.25, 0.3) is 11.1 Å². The number of ether oxygens (including phenoxy) is 1. The highest BCUT2D eigenvalue weighted by atomic mass is 79.9. The first kappa shape index (κ1) is 16.3. The van der Waals surface area contributed by atoms with Crippen LogP contribution in [-0.4, -0.2) is 11.1 Å². The molecule has 3 aromatic rings. The second-order valence-electron chi connectivity index (χ2n) is 5.30. The number of aryl methyl sites for hydroxylation is 1. The van der Waals surface area contributed by atoms with Crippen molar-refractivity contribution < 1.29 is 19.1 Å². The van der Waals surface area contributed by atoms with Gasteiger partial charge in [0, 0.05) is 5.56 Å². The van der Waals surface area contributed by atoms with Crippen LogP contribution in [0.5, 0.6) is 5.75 Å². The minimum atomic E-state index is -1.09. The Morgan fingerprint density at radius 3 is 2.50 bits per heavy atom. The minimum absolute atomic E-state index is 0.0791. The second kappa shape index (κ2) is 6.93. The summed E-state index contributed by atoms with van der Waals surface area (Å²) in [6.45, 7) is 1.96. The predicted octanol–water partition coefficient (Wildman–Crippen LogP) is 5.29. The van der Waals surface area contributed by atoms with Crippen molar-refractivity contribution in [1.82, 2.24) is 0 Å². The number of benzene rings is 2. The maximum atomic E-state index is 10.9. The molecule has 1 heterocycles. The molecule has 0 atom stereocenters. The van der Waals surface area contributed by atoms with Crippen LogP contribution >= 0.6 is 15.9 Å². The molecule has 0 fully saturated rings. The van der Waals surface area contributed by atoms with Gasteiger partial charge >= 0.3 is 5.97 Å². The van der Waals surface area contributed by atoms with Crippen molar-refractivity contribution in [2.75, 3.05) is 0 Å². The monoisotopic (exact) mass is 386 g/mol. The Labute approximate surface area is 147 Å². The molecule has 0 spiro atoms. The van der Waals surface area contributed by atoms with E-state index < -0.39 is 5.97 Å². The molecule has 0 aliphatic rings. The number of carbonyl (C=O) groups is 1. The van der Waals surface area contributed by atoms with Gasteiger partial charge in [0.2, 0.25) is 5.76 Å². The van der Waals surface area contributed by atoms with Crippen molar-refractivity contribution >= 4 is 21.9 Å². The number of furan rings is 1. The molecule has 122 valence electrons. The largest absolute Gasteiger partial charge is 0.488 e. The Kier molecular flexibility index (Phi) is 4.71. The van der Waals surface area contributed by atoms with Crippen LogP contribution in [0.15, 0.2) is 63.5 Å². The van der Waals surface area contributed by atoms with E-state index in [1.807, 2.05) is 48.5 Å². The van der Waals surface area contributed by atoms with Crippen molar-refractivity contribution in [1.29, 1.82) is 0 Å². The maximum absolute atomic E-state index is 10.9. The van der Waals surface area contributed by atoms with E-state index in [4.69, 9.17) is 14.3 Å². The summed E-state index contributed by atoms with van der Waals surface area (Å²) in [4.78, 5) is 10.9. The summed E-state index contributed by atoms with van der Waals surface area (Å²) in [6, 6.07) is 17.4. The summed E-state index contributed by atoms with van der Waals surface area (Å²) in [5.74, 6) is 0.0684. The average molecular weight is 387 g/mol. The first-order valence-corrected chi connectivity index (χ1v) is 8.14. The van der Waals surface area contributed by atoms with Gasteiger partial charge in [0.25, 0.3) is 0 Å². The molecule has 0 bridgehead atoms. The number of halogens is 1. The Hall–Kier alpha value is -2.53. The standard InChI is InChI=1S/C19H15BrO4/c1-12-15(10-18(24-12)19(21)22)11-23-17-8-7-14(9-16(17)20)13-5-3-2-4-6-13/h2-10H,11H2,1H3,(H,21,22). The van der Waals surface area contributed by atoms with Gasteiger partial charge in [0.05, 0.1) is 4.47 Å². The smallest absolute Gasteiger partial charge is 0.371 e. The molecule has 0 amide bonds. The van der Waals surface area contributed by atoms with Gasteiger partial charge in [-0.3, -0.25) is 0 Å². The van der Waals surface area contributed by atoms with Crippen molar-refractivity contribution in [3.63, 3.8) is 0 Å². The van der Waals surface area contributed by atoms with E-state index in [2.05, 4.69) is 15.9 Å². The second-order valence-corrected chi connectivity index (χ2v) is 6.15. The molecule has 0 radical (unpaired) electrons. The quantitative estimate of drug-likeness (QED) is 0.646. The van der Waals surface area contributed by atoms with E-state index in [1.165, 1.54) is 6.07 Å². The maximum Gasteiger partial charge on any atom is 0.371 e. The summed E-state index contributed by atoms with van der Waals surface area (Å²) in [7, 11) is 0. The van der Waals surface area contributed by atoms with Gasteiger partial charge in [-0.15, -0.1) is 0 Å². The lowest BCUT2D eigenvalue weighted by atomic mass is 10.1. The van der Waals surface area contributed by atoms with E-state index in [0.29, 0.717) is 17.1 Å². The zero-order chi connectivity index (χ0) is 17.1. The molecule has 3 rings (SSSR count). The van der Waals surface area contributed by atoms with Crippen LogP contribution in [0, 0.1) is 6.92 Å². The van der Waals surface area contributed by atoms with Crippen LogP contribution in [-0.2, 0) is 6.61 Å². The Morgan fingerprint density at radius 2 is 1.88 bits per heavy atom. The van der Waals surface area contributed by atoms with Gasteiger partial charge < -0.3 is 14.3 Å². The summed E-state index contributed by atoms with van der Waals surface area (Å²) < 4.78 is 11.8. The first-order chi connectivity index (χ1) is 11.5. The Morgan fingerprint density at radius 1 is 1.12 bits per heavy atom. The molecular weight excluding hydrogens is 372 g/mol. The molecule has 0 aliphatic carbocycles. The van der Waals surface area contributed by atoms with E-state index in [1.54, 1.807) is 6.92 Å². The molecule has 0 saturated heterocycles. The van der Waals surface area contributed by atoms with Gasteiger partial charge in [0.15, 0.2) is 0 Å². The van der Waals surface area contributed by atoms with Crippen LogP contribution in [0.3, 0.4) is 0 Å². The fourth-order valence-electron chi connectivity index (χ4n) is 2.35. The minimum Gasteiger partial charge on any atom is -0.488 e. The van der Waals surface area contributed by atoms with Gasteiger partial charge in [0.1, 0.15) is 18.1 Å². The number of carboxylic acid groups (broad SMARTS) is 1. The highest BCUT2D eigenvalue weighted by Crippen LogP contribution is 2.31. The number of rotatable bonds is 5. The van der Waals surface area contributed by atoms with Crippen LogP contribution in [0.1, 0.15) is 21.9 Å². The molecule has 0 unspecified atom stereocenters.